The smallest absolute Gasteiger partial charge is 0.338 e. The number of nitrogens with zero attached hydrogens (tertiary/aromatic N) is 3. The molecule has 10 nitrogen and oxygen atoms in total. The number of hydrogen-bond donors (Lipinski definition) is 0. The number of nitro benzene ring substituents is 2. The van der Waals surface area contributed by atoms with Crippen LogP contribution in [0.1, 0.15) is 10.4 Å². The van der Waals surface area contributed by atoms with Gasteiger partial charge in [0, 0.05) is 24.6 Å². The van der Waals surface area contributed by atoms with Crippen LogP contribution >= 0.6 is 0 Å². The van der Waals surface area contributed by atoms with Crippen molar-refractivity contribution in [3.05, 3.63) is 54.3 Å². The molecule has 0 spiro atoms. The first kappa shape index (κ1) is 15.1. The summed E-state index contributed by atoms with van der Waals surface area (Å²) in [5.74, 6) is -0.919. The summed E-state index contributed by atoms with van der Waals surface area (Å²) in [6.07, 6.45) is 0. The molecule has 22 heavy (non-hydrogen) atoms. The van der Waals surface area contributed by atoms with Gasteiger partial charge >= 0.3 is 5.97 Å². The van der Waals surface area contributed by atoms with E-state index < -0.39 is 32.7 Å². The third kappa shape index (κ3) is 2.26. The van der Waals surface area contributed by atoms with Crippen LogP contribution in [0.15, 0.2) is 23.0 Å². The molecule has 0 saturated heterocycles. The van der Waals surface area contributed by atoms with E-state index in [1.165, 1.54) is 7.05 Å². The summed E-state index contributed by atoms with van der Waals surface area (Å²) in [6.45, 7) is 0. The SMILES string of the molecule is COC(=O)c1cc(=O)n(C)c2c([N+](=O)[O-])cc([N+](=O)[O-])cc12. The second-order valence-electron chi connectivity index (χ2n) is 4.32. The number of non-ortho nitro benzene ring substituents is 2. The second-order valence-corrected chi connectivity index (χ2v) is 4.32. The first-order chi connectivity index (χ1) is 10.3. The van der Waals surface area contributed by atoms with Crippen LogP contribution in [-0.2, 0) is 11.8 Å². The van der Waals surface area contributed by atoms with Gasteiger partial charge in [0.1, 0.15) is 5.52 Å². The van der Waals surface area contributed by atoms with Gasteiger partial charge in [0.25, 0.3) is 16.9 Å². The van der Waals surface area contributed by atoms with Crippen LogP contribution in [0.2, 0.25) is 0 Å². The molecule has 0 aliphatic rings. The monoisotopic (exact) mass is 307 g/mol. The van der Waals surface area contributed by atoms with Crippen LogP contribution < -0.4 is 5.56 Å². The van der Waals surface area contributed by atoms with Crippen molar-refractivity contribution in [2.24, 2.45) is 7.05 Å². The maximum absolute atomic E-state index is 11.9. The molecular formula is C12H9N3O7. The first-order valence-corrected chi connectivity index (χ1v) is 5.82. The number of carbonyl (C=O) groups excluding carboxylic acids is 1. The van der Waals surface area contributed by atoms with Gasteiger partial charge in [-0.3, -0.25) is 25.0 Å². The van der Waals surface area contributed by atoms with Crippen LogP contribution in [0.3, 0.4) is 0 Å². The van der Waals surface area contributed by atoms with E-state index in [1.54, 1.807) is 0 Å². The average molecular weight is 307 g/mol. The van der Waals surface area contributed by atoms with E-state index in [4.69, 9.17) is 0 Å². The molecule has 10 heteroatoms. The quantitative estimate of drug-likeness (QED) is 0.471. The Bertz CT molecular complexity index is 884. The Balaban J connectivity index is 3.10. The van der Waals surface area contributed by atoms with Crippen molar-refractivity contribution in [3.8, 4) is 0 Å². The first-order valence-electron chi connectivity index (χ1n) is 5.82. The van der Waals surface area contributed by atoms with Gasteiger partial charge in [-0.15, -0.1) is 0 Å². The lowest BCUT2D eigenvalue weighted by Gasteiger charge is -2.09. The molecule has 1 heterocycles. The summed E-state index contributed by atoms with van der Waals surface area (Å²) in [5, 5.41) is 22.0. The van der Waals surface area contributed by atoms with E-state index in [0.29, 0.717) is 0 Å². The summed E-state index contributed by atoms with van der Waals surface area (Å²) in [6, 6.07) is 2.65. The Morgan fingerprint density at radius 2 is 1.82 bits per heavy atom. The Morgan fingerprint density at radius 3 is 2.32 bits per heavy atom. The largest absolute Gasteiger partial charge is 0.465 e. The van der Waals surface area contributed by atoms with Crippen molar-refractivity contribution in [2.45, 2.75) is 0 Å². The van der Waals surface area contributed by atoms with Crippen LogP contribution in [0.25, 0.3) is 10.9 Å². The van der Waals surface area contributed by atoms with Gasteiger partial charge in [0.05, 0.1) is 28.6 Å². The second kappa shape index (κ2) is 5.24. The number of nitro groups is 2. The van der Waals surface area contributed by atoms with Gasteiger partial charge in [-0.05, 0) is 0 Å². The van der Waals surface area contributed by atoms with E-state index >= 15 is 0 Å². The molecule has 2 aromatic rings. The molecule has 114 valence electrons. The zero-order valence-corrected chi connectivity index (χ0v) is 11.4. The highest BCUT2D eigenvalue weighted by atomic mass is 16.6. The van der Waals surface area contributed by atoms with Crippen molar-refractivity contribution in [3.63, 3.8) is 0 Å². The lowest BCUT2D eigenvalue weighted by atomic mass is 10.1. The maximum atomic E-state index is 11.9. The molecule has 0 bridgehead atoms. The lowest BCUT2D eigenvalue weighted by molar-refractivity contribution is -0.393. The number of aryl methyl sites for hydroxylation is 1. The summed E-state index contributed by atoms with van der Waals surface area (Å²) < 4.78 is 5.46. The number of pyridine rings is 1. The molecular weight excluding hydrogens is 298 g/mol. The Labute approximate surface area is 121 Å². The minimum atomic E-state index is -0.919. The van der Waals surface area contributed by atoms with E-state index in [9.17, 15) is 29.8 Å². The van der Waals surface area contributed by atoms with Crippen LogP contribution in [-0.4, -0.2) is 27.5 Å². The fourth-order valence-electron chi connectivity index (χ4n) is 2.09. The Morgan fingerprint density at radius 1 is 1.18 bits per heavy atom. The number of aromatic nitrogens is 1. The van der Waals surface area contributed by atoms with Crippen LogP contribution in [0.5, 0.6) is 0 Å². The average Bonchev–Trinajstić information content (AvgIpc) is 2.48. The molecule has 0 atom stereocenters. The van der Waals surface area contributed by atoms with Crippen molar-refractivity contribution in [2.75, 3.05) is 7.11 Å². The molecule has 1 aromatic carbocycles. The molecule has 0 N–H and O–H groups in total. The molecule has 0 fully saturated rings. The number of ether oxygens (including phenoxy) is 1. The normalized spacial score (nSPS) is 10.5. The van der Waals surface area contributed by atoms with Crippen molar-refractivity contribution < 1.29 is 19.4 Å². The van der Waals surface area contributed by atoms with Crippen molar-refractivity contribution in [1.82, 2.24) is 4.57 Å². The highest BCUT2D eigenvalue weighted by Gasteiger charge is 2.25. The molecule has 0 saturated carbocycles. The fourth-order valence-corrected chi connectivity index (χ4v) is 2.09. The summed E-state index contributed by atoms with van der Waals surface area (Å²) in [7, 11) is 2.34. The summed E-state index contributed by atoms with van der Waals surface area (Å²) in [5.41, 5.74) is -2.35. The minimum Gasteiger partial charge on any atom is -0.465 e. The summed E-state index contributed by atoms with van der Waals surface area (Å²) in [4.78, 5) is 44.0. The minimum absolute atomic E-state index is 0.102. The Kier molecular flexibility index (Phi) is 3.59. The number of rotatable bonds is 3. The molecule has 2 rings (SSSR count). The number of carbonyl (C=O) groups is 1. The topological polar surface area (TPSA) is 135 Å². The molecule has 0 aliphatic carbocycles. The summed E-state index contributed by atoms with van der Waals surface area (Å²) >= 11 is 0. The number of esters is 1. The van der Waals surface area contributed by atoms with Crippen molar-refractivity contribution in [1.29, 1.82) is 0 Å². The highest BCUT2D eigenvalue weighted by Crippen LogP contribution is 2.31. The van der Waals surface area contributed by atoms with Gasteiger partial charge < -0.3 is 9.30 Å². The van der Waals surface area contributed by atoms with Gasteiger partial charge in [-0.1, -0.05) is 0 Å². The third-order valence-electron chi connectivity index (χ3n) is 3.11. The molecule has 0 amide bonds. The number of fused-ring (bicyclic) bond motifs is 1. The zero-order chi connectivity index (χ0) is 16.6. The Hall–Kier alpha value is -3.30. The number of benzene rings is 1. The highest BCUT2D eigenvalue weighted by molar-refractivity contribution is 6.06. The molecule has 0 aliphatic heterocycles. The van der Waals surface area contributed by atoms with E-state index in [0.717, 1.165) is 29.9 Å². The lowest BCUT2D eigenvalue weighted by Crippen LogP contribution is -2.20. The van der Waals surface area contributed by atoms with Gasteiger partial charge in [0.2, 0.25) is 0 Å². The van der Waals surface area contributed by atoms with Gasteiger partial charge in [-0.2, -0.15) is 0 Å². The maximum Gasteiger partial charge on any atom is 0.338 e. The van der Waals surface area contributed by atoms with Crippen molar-refractivity contribution >= 4 is 28.2 Å². The molecule has 0 radical (unpaired) electrons. The standard InChI is InChI=1S/C12H9N3O7/c1-13-10(16)5-8(12(17)22-2)7-3-6(14(18)19)4-9(11(7)13)15(20)21/h3-5H,1-2H3. The third-order valence-corrected chi connectivity index (χ3v) is 3.11. The van der Waals surface area contributed by atoms with Gasteiger partial charge in [0.15, 0.2) is 0 Å². The predicted molar refractivity (Wildman–Crippen MR) is 73.8 cm³/mol. The van der Waals surface area contributed by atoms with E-state index in [2.05, 4.69) is 4.74 Å². The van der Waals surface area contributed by atoms with Crippen LogP contribution in [0.4, 0.5) is 11.4 Å². The fraction of sp³-hybridized carbons (Fsp3) is 0.167. The zero-order valence-electron chi connectivity index (χ0n) is 11.4. The van der Waals surface area contributed by atoms with Gasteiger partial charge in [-0.25, -0.2) is 4.79 Å². The van der Waals surface area contributed by atoms with E-state index in [1.807, 2.05) is 0 Å². The number of hydrogen-bond acceptors (Lipinski definition) is 7. The molecule has 0 unspecified atom stereocenters. The number of methoxy groups -OCH3 is 1. The molecule has 1 aromatic heterocycles. The predicted octanol–water partition coefficient (Wildman–Crippen LogP) is 1.14. The van der Waals surface area contributed by atoms with Crippen LogP contribution in [0, 0.1) is 20.2 Å². The van der Waals surface area contributed by atoms with E-state index in [-0.39, 0.29) is 16.5 Å².